The molecule has 0 fully saturated rings. The van der Waals surface area contributed by atoms with Crippen LogP contribution in [0.15, 0.2) is 84.9 Å². The zero-order valence-electron chi connectivity index (χ0n) is 12.9. The number of hydrogen-bond acceptors (Lipinski definition) is 1. The van der Waals surface area contributed by atoms with Gasteiger partial charge in [-0.25, -0.2) is 0 Å². The summed E-state index contributed by atoms with van der Waals surface area (Å²) < 4.78 is 5.90. The fourth-order valence-corrected chi connectivity index (χ4v) is 2.94. The lowest BCUT2D eigenvalue weighted by atomic mass is 10.1. The molecular formula is C22H18O. The van der Waals surface area contributed by atoms with Crippen molar-refractivity contribution in [3.8, 4) is 0 Å². The summed E-state index contributed by atoms with van der Waals surface area (Å²) in [6.07, 6.45) is 0. The van der Waals surface area contributed by atoms with E-state index in [1.54, 1.807) is 0 Å². The highest BCUT2D eigenvalue weighted by atomic mass is 16.5. The van der Waals surface area contributed by atoms with Gasteiger partial charge in [-0.1, -0.05) is 72.8 Å². The van der Waals surface area contributed by atoms with Crippen molar-refractivity contribution in [2.75, 3.05) is 0 Å². The molecule has 0 heterocycles. The quantitative estimate of drug-likeness (QED) is 0.469. The molecule has 0 amide bonds. The molecule has 0 aliphatic heterocycles. The van der Waals surface area contributed by atoms with Crippen molar-refractivity contribution in [3.63, 3.8) is 0 Å². The van der Waals surface area contributed by atoms with Crippen LogP contribution in [0.25, 0.3) is 21.5 Å². The van der Waals surface area contributed by atoms with E-state index in [4.69, 9.17) is 4.74 Å². The van der Waals surface area contributed by atoms with Gasteiger partial charge in [0.1, 0.15) is 0 Å². The second-order valence-corrected chi connectivity index (χ2v) is 5.86. The third-order valence-corrected chi connectivity index (χ3v) is 4.17. The Bertz CT molecular complexity index is 877. The molecule has 1 nitrogen and oxygen atoms in total. The number of hydrogen-bond donors (Lipinski definition) is 0. The third-order valence-electron chi connectivity index (χ3n) is 4.17. The topological polar surface area (TPSA) is 9.23 Å². The smallest absolute Gasteiger partial charge is 0.0721 e. The molecule has 0 aliphatic rings. The molecule has 0 aliphatic carbocycles. The molecule has 1 heteroatoms. The van der Waals surface area contributed by atoms with Crippen LogP contribution in [0.4, 0.5) is 0 Å². The first kappa shape index (κ1) is 14.0. The Labute approximate surface area is 136 Å². The normalized spacial score (nSPS) is 11.1. The Morgan fingerprint density at radius 1 is 0.478 bits per heavy atom. The van der Waals surface area contributed by atoms with Crippen molar-refractivity contribution in [2.24, 2.45) is 0 Å². The van der Waals surface area contributed by atoms with Crippen LogP contribution in [0.5, 0.6) is 0 Å². The molecule has 0 N–H and O–H groups in total. The first-order valence-electron chi connectivity index (χ1n) is 7.92. The molecule has 112 valence electrons. The Balaban J connectivity index is 1.45. The molecule has 0 unspecified atom stereocenters. The SMILES string of the molecule is c1ccc2cc(COCc3ccc4ccccc4c3)ccc2c1. The van der Waals surface area contributed by atoms with E-state index in [0.717, 1.165) is 0 Å². The van der Waals surface area contributed by atoms with E-state index in [0.29, 0.717) is 13.2 Å². The maximum Gasteiger partial charge on any atom is 0.0721 e. The van der Waals surface area contributed by atoms with Crippen molar-refractivity contribution in [2.45, 2.75) is 13.2 Å². The van der Waals surface area contributed by atoms with Gasteiger partial charge >= 0.3 is 0 Å². The zero-order valence-corrected chi connectivity index (χ0v) is 12.9. The lowest BCUT2D eigenvalue weighted by molar-refractivity contribution is 0.107. The first-order chi connectivity index (χ1) is 11.4. The van der Waals surface area contributed by atoms with Crippen molar-refractivity contribution >= 4 is 21.5 Å². The summed E-state index contributed by atoms with van der Waals surface area (Å²) in [6, 6.07) is 29.8. The van der Waals surface area contributed by atoms with E-state index in [1.165, 1.54) is 32.7 Å². The highest BCUT2D eigenvalue weighted by Gasteiger charge is 1.99. The van der Waals surface area contributed by atoms with Gasteiger partial charge in [0.2, 0.25) is 0 Å². The first-order valence-corrected chi connectivity index (χ1v) is 7.92. The van der Waals surface area contributed by atoms with Crippen molar-refractivity contribution in [1.82, 2.24) is 0 Å². The third kappa shape index (κ3) is 3.10. The minimum atomic E-state index is 0.637. The summed E-state index contributed by atoms with van der Waals surface area (Å²) in [6.45, 7) is 1.27. The number of rotatable bonds is 4. The van der Waals surface area contributed by atoms with E-state index in [-0.39, 0.29) is 0 Å². The largest absolute Gasteiger partial charge is 0.372 e. The van der Waals surface area contributed by atoms with E-state index < -0.39 is 0 Å². The number of benzene rings is 4. The van der Waals surface area contributed by atoms with E-state index in [9.17, 15) is 0 Å². The maximum absolute atomic E-state index is 5.90. The van der Waals surface area contributed by atoms with Crippen LogP contribution >= 0.6 is 0 Å². The minimum absolute atomic E-state index is 0.637. The molecule has 0 spiro atoms. The predicted octanol–water partition coefficient (Wildman–Crippen LogP) is 5.71. The minimum Gasteiger partial charge on any atom is -0.372 e. The average Bonchev–Trinajstić information content (AvgIpc) is 2.61. The lowest BCUT2D eigenvalue weighted by Crippen LogP contribution is -1.94. The van der Waals surface area contributed by atoms with Gasteiger partial charge in [-0.3, -0.25) is 0 Å². The van der Waals surface area contributed by atoms with Crippen LogP contribution in [0, 0.1) is 0 Å². The second-order valence-electron chi connectivity index (χ2n) is 5.86. The van der Waals surface area contributed by atoms with Crippen LogP contribution in [-0.4, -0.2) is 0 Å². The second kappa shape index (κ2) is 6.23. The molecule has 4 rings (SSSR count). The summed E-state index contributed by atoms with van der Waals surface area (Å²) >= 11 is 0. The summed E-state index contributed by atoms with van der Waals surface area (Å²) in [5.74, 6) is 0. The maximum atomic E-state index is 5.90. The molecule has 4 aromatic carbocycles. The Morgan fingerprint density at radius 3 is 1.39 bits per heavy atom. The molecule has 4 aromatic rings. The number of ether oxygens (including phenoxy) is 1. The monoisotopic (exact) mass is 298 g/mol. The highest BCUT2D eigenvalue weighted by molar-refractivity contribution is 5.83. The van der Waals surface area contributed by atoms with E-state index in [2.05, 4.69) is 84.9 Å². The summed E-state index contributed by atoms with van der Waals surface area (Å²) in [5.41, 5.74) is 2.42. The summed E-state index contributed by atoms with van der Waals surface area (Å²) in [5, 5.41) is 5.06. The van der Waals surface area contributed by atoms with Gasteiger partial charge in [-0.15, -0.1) is 0 Å². The van der Waals surface area contributed by atoms with Gasteiger partial charge in [-0.2, -0.15) is 0 Å². The standard InChI is InChI=1S/C22H18O/c1-3-7-21-13-17(9-11-19(21)5-1)15-23-16-18-10-12-20-6-2-4-8-22(20)14-18/h1-14H,15-16H2. The van der Waals surface area contributed by atoms with Gasteiger partial charge in [0.05, 0.1) is 13.2 Å². The molecule has 0 bridgehead atoms. The fourth-order valence-electron chi connectivity index (χ4n) is 2.94. The molecule has 0 aromatic heterocycles. The van der Waals surface area contributed by atoms with Crippen LogP contribution in [0.2, 0.25) is 0 Å². The predicted molar refractivity (Wildman–Crippen MR) is 96.4 cm³/mol. The van der Waals surface area contributed by atoms with Gasteiger partial charge in [-0.05, 0) is 44.8 Å². The molecular weight excluding hydrogens is 280 g/mol. The van der Waals surface area contributed by atoms with Gasteiger partial charge < -0.3 is 4.74 Å². The Morgan fingerprint density at radius 2 is 0.913 bits per heavy atom. The fraction of sp³-hybridized carbons (Fsp3) is 0.0909. The average molecular weight is 298 g/mol. The molecule has 0 radical (unpaired) electrons. The zero-order chi connectivity index (χ0) is 15.5. The number of fused-ring (bicyclic) bond motifs is 2. The van der Waals surface area contributed by atoms with Crippen LogP contribution in [0.1, 0.15) is 11.1 Å². The summed E-state index contributed by atoms with van der Waals surface area (Å²) in [7, 11) is 0. The van der Waals surface area contributed by atoms with Crippen LogP contribution < -0.4 is 0 Å². The van der Waals surface area contributed by atoms with E-state index >= 15 is 0 Å². The molecule has 0 atom stereocenters. The Hall–Kier alpha value is -2.64. The highest BCUT2D eigenvalue weighted by Crippen LogP contribution is 2.18. The van der Waals surface area contributed by atoms with Gasteiger partial charge in [0.25, 0.3) is 0 Å². The molecule has 23 heavy (non-hydrogen) atoms. The van der Waals surface area contributed by atoms with Crippen LogP contribution in [0.3, 0.4) is 0 Å². The van der Waals surface area contributed by atoms with Crippen molar-refractivity contribution < 1.29 is 4.74 Å². The van der Waals surface area contributed by atoms with Crippen molar-refractivity contribution in [3.05, 3.63) is 96.1 Å². The van der Waals surface area contributed by atoms with Crippen LogP contribution in [-0.2, 0) is 18.0 Å². The molecule has 0 saturated heterocycles. The summed E-state index contributed by atoms with van der Waals surface area (Å²) in [4.78, 5) is 0. The molecule has 0 saturated carbocycles. The lowest BCUT2D eigenvalue weighted by Gasteiger charge is -2.07. The van der Waals surface area contributed by atoms with Gasteiger partial charge in [0.15, 0.2) is 0 Å². The Kier molecular flexibility index (Phi) is 3.79. The van der Waals surface area contributed by atoms with Crippen molar-refractivity contribution in [1.29, 1.82) is 0 Å². The van der Waals surface area contributed by atoms with Gasteiger partial charge in [0, 0.05) is 0 Å². The van der Waals surface area contributed by atoms with E-state index in [1.807, 2.05) is 0 Å².